The summed E-state index contributed by atoms with van der Waals surface area (Å²) < 4.78 is 0. The molecule has 180 valence electrons. The van der Waals surface area contributed by atoms with Gasteiger partial charge in [0.25, 0.3) is 0 Å². The van der Waals surface area contributed by atoms with Crippen LogP contribution in [0.25, 0.3) is 17.2 Å². The molecule has 5 heteroatoms. The highest BCUT2D eigenvalue weighted by Gasteiger charge is 2.27. The Labute approximate surface area is 207 Å². The predicted molar refractivity (Wildman–Crippen MR) is 142 cm³/mol. The van der Waals surface area contributed by atoms with E-state index in [0.717, 1.165) is 65.4 Å². The van der Waals surface area contributed by atoms with Crippen molar-refractivity contribution in [2.24, 2.45) is 5.92 Å². The first kappa shape index (κ1) is 24.3. The van der Waals surface area contributed by atoms with Gasteiger partial charge < -0.3 is 15.3 Å². The number of amides is 1. The second kappa shape index (κ2) is 11.5. The van der Waals surface area contributed by atoms with E-state index in [1.165, 1.54) is 6.42 Å². The van der Waals surface area contributed by atoms with E-state index >= 15 is 0 Å². The van der Waals surface area contributed by atoms with Crippen molar-refractivity contribution >= 4 is 29.3 Å². The fraction of sp³-hybridized carbons (Fsp3) is 0.267. The molecule has 1 saturated carbocycles. The van der Waals surface area contributed by atoms with Crippen LogP contribution in [0.2, 0.25) is 0 Å². The summed E-state index contributed by atoms with van der Waals surface area (Å²) in [5.41, 5.74) is 5.94. The van der Waals surface area contributed by atoms with Gasteiger partial charge in [-0.05, 0) is 65.4 Å². The molecule has 3 aromatic rings. The Bertz CT molecular complexity index is 1180. The number of carbonyl (C=O) groups excluding carboxylic acids is 1. The molecule has 0 bridgehead atoms. The molecule has 5 nitrogen and oxygen atoms in total. The molecule has 0 heterocycles. The zero-order chi connectivity index (χ0) is 24.6. The van der Waals surface area contributed by atoms with Crippen LogP contribution in [0.1, 0.15) is 43.2 Å². The first-order valence-corrected chi connectivity index (χ1v) is 12.2. The Morgan fingerprint density at radius 1 is 0.943 bits per heavy atom. The number of carbonyl (C=O) groups is 2. The first-order chi connectivity index (χ1) is 17.0. The van der Waals surface area contributed by atoms with Gasteiger partial charge in [-0.2, -0.15) is 0 Å². The van der Waals surface area contributed by atoms with Gasteiger partial charge in [0.05, 0.1) is 6.54 Å². The summed E-state index contributed by atoms with van der Waals surface area (Å²) >= 11 is 0. The van der Waals surface area contributed by atoms with Crippen LogP contribution in [0.5, 0.6) is 0 Å². The Hall–Kier alpha value is -3.86. The second-order valence-electron chi connectivity index (χ2n) is 9.05. The zero-order valence-electron chi connectivity index (χ0n) is 20.1. The number of aliphatic carboxylic acids is 1. The molecule has 0 saturated heterocycles. The van der Waals surface area contributed by atoms with Gasteiger partial charge in [-0.1, -0.05) is 67.8 Å². The molecule has 4 rings (SSSR count). The third-order valence-electron chi connectivity index (χ3n) is 6.62. The number of nitrogens with zero attached hydrogens (tertiary/aromatic N) is 1. The van der Waals surface area contributed by atoms with E-state index in [0.29, 0.717) is 6.54 Å². The van der Waals surface area contributed by atoms with Crippen LogP contribution in [-0.4, -0.2) is 24.0 Å². The Morgan fingerprint density at radius 2 is 1.60 bits per heavy atom. The number of benzene rings is 3. The maximum Gasteiger partial charge on any atom is 0.328 e. The average Bonchev–Trinajstić information content (AvgIpc) is 2.91. The van der Waals surface area contributed by atoms with Crippen LogP contribution in [0.15, 0.2) is 78.9 Å². The summed E-state index contributed by atoms with van der Waals surface area (Å²) in [7, 11) is 1.91. The van der Waals surface area contributed by atoms with Crippen molar-refractivity contribution < 1.29 is 14.7 Å². The minimum absolute atomic E-state index is 0.0342. The molecule has 0 aromatic heterocycles. The number of carboxylic acid groups (broad SMARTS) is 1. The van der Waals surface area contributed by atoms with Gasteiger partial charge in [0, 0.05) is 30.4 Å². The SMILES string of the molecule is CNc1ccc(-c2ccc(CN(C(=O)C3CCCCC3)c3cccc(C=CC(=O)O)c3)cc2)cc1. The molecular formula is C30H32N2O3. The largest absolute Gasteiger partial charge is 0.478 e. The van der Waals surface area contributed by atoms with Crippen molar-refractivity contribution in [3.05, 3.63) is 90.0 Å². The number of rotatable bonds is 8. The summed E-state index contributed by atoms with van der Waals surface area (Å²) in [6.07, 6.45) is 7.90. The lowest BCUT2D eigenvalue weighted by atomic mass is 9.88. The highest BCUT2D eigenvalue weighted by molar-refractivity contribution is 5.95. The summed E-state index contributed by atoms with van der Waals surface area (Å²) in [5, 5.41) is 12.1. The molecule has 35 heavy (non-hydrogen) atoms. The number of carboxylic acids is 1. The molecule has 2 N–H and O–H groups in total. The van der Waals surface area contributed by atoms with Gasteiger partial charge >= 0.3 is 5.97 Å². The molecule has 1 fully saturated rings. The van der Waals surface area contributed by atoms with Crippen molar-refractivity contribution in [1.82, 2.24) is 0 Å². The summed E-state index contributed by atoms with van der Waals surface area (Å²) in [4.78, 5) is 26.5. The van der Waals surface area contributed by atoms with Crippen LogP contribution in [-0.2, 0) is 16.1 Å². The quantitative estimate of drug-likeness (QED) is 0.365. The Balaban J connectivity index is 1.59. The van der Waals surface area contributed by atoms with Gasteiger partial charge in [0.1, 0.15) is 0 Å². The number of hydrogen-bond acceptors (Lipinski definition) is 3. The number of nitrogens with one attached hydrogen (secondary N) is 1. The van der Waals surface area contributed by atoms with Crippen molar-refractivity contribution in [2.45, 2.75) is 38.6 Å². The third-order valence-corrected chi connectivity index (χ3v) is 6.62. The van der Waals surface area contributed by atoms with Crippen LogP contribution < -0.4 is 10.2 Å². The normalized spacial score (nSPS) is 14.1. The van der Waals surface area contributed by atoms with Gasteiger partial charge in [-0.15, -0.1) is 0 Å². The lowest BCUT2D eigenvalue weighted by Crippen LogP contribution is -2.36. The van der Waals surface area contributed by atoms with Gasteiger partial charge in [0.15, 0.2) is 0 Å². The van der Waals surface area contributed by atoms with Crippen molar-refractivity contribution in [2.75, 3.05) is 17.3 Å². The fourth-order valence-corrected chi connectivity index (χ4v) is 4.64. The molecule has 3 aromatic carbocycles. The molecule has 1 aliphatic carbocycles. The molecule has 1 amide bonds. The first-order valence-electron chi connectivity index (χ1n) is 12.2. The van der Waals surface area contributed by atoms with E-state index in [1.54, 1.807) is 6.08 Å². The van der Waals surface area contributed by atoms with E-state index in [9.17, 15) is 9.59 Å². The van der Waals surface area contributed by atoms with Crippen LogP contribution >= 0.6 is 0 Å². The third kappa shape index (κ3) is 6.38. The van der Waals surface area contributed by atoms with E-state index in [4.69, 9.17) is 5.11 Å². The van der Waals surface area contributed by atoms with Crippen molar-refractivity contribution in [1.29, 1.82) is 0 Å². The molecule has 0 atom stereocenters. The van der Waals surface area contributed by atoms with Gasteiger partial charge in [-0.25, -0.2) is 4.79 Å². The van der Waals surface area contributed by atoms with Crippen molar-refractivity contribution in [3.63, 3.8) is 0 Å². The topological polar surface area (TPSA) is 69.6 Å². The Morgan fingerprint density at radius 3 is 2.23 bits per heavy atom. The Kier molecular flexibility index (Phi) is 7.99. The summed E-state index contributed by atoms with van der Waals surface area (Å²) in [6.45, 7) is 0.473. The van der Waals surface area contributed by atoms with E-state index in [-0.39, 0.29) is 11.8 Å². The molecule has 0 aliphatic heterocycles. The maximum atomic E-state index is 13.6. The molecule has 1 aliphatic rings. The standard InChI is InChI=1S/C30H32N2O3/c1-31-27-17-15-25(16-18-27)24-13-10-23(11-14-24)21-32(30(35)26-7-3-2-4-8-26)28-9-5-6-22(20-28)12-19-29(33)34/h5-6,9-20,26,31H,2-4,7-8,21H2,1H3,(H,33,34). The lowest BCUT2D eigenvalue weighted by molar-refractivity contribution is -0.131. The average molecular weight is 469 g/mol. The number of hydrogen-bond donors (Lipinski definition) is 2. The zero-order valence-corrected chi connectivity index (χ0v) is 20.1. The molecular weight excluding hydrogens is 436 g/mol. The van der Waals surface area contributed by atoms with E-state index < -0.39 is 5.97 Å². The predicted octanol–water partition coefficient (Wildman–Crippen LogP) is 6.61. The minimum Gasteiger partial charge on any atom is -0.478 e. The smallest absolute Gasteiger partial charge is 0.328 e. The fourth-order valence-electron chi connectivity index (χ4n) is 4.64. The highest BCUT2D eigenvalue weighted by Crippen LogP contribution is 2.30. The number of anilines is 2. The van der Waals surface area contributed by atoms with E-state index in [1.807, 2.05) is 36.2 Å². The lowest BCUT2D eigenvalue weighted by Gasteiger charge is -2.30. The molecule has 0 unspecified atom stereocenters. The van der Waals surface area contributed by atoms with Crippen LogP contribution in [0, 0.1) is 5.92 Å². The van der Waals surface area contributed by atoms with Crippen LogP contribution in [0.3, 0.4) is 0 Å². The summed E-state index contributed by atoms with van der Waals surface area (Å²) in [6, 6.07) is 24.2. The van der Waals surface area contributed by atoms with Gasteiger partial charge in [0.2, 0.25) is 5.91 Å². The maximum absolute atomic E-state index is 13.6. The minimum atomic E-state index is -0.994. The highest BCUT2D eigenvalue weighted by atomic mass is 16.4. The molecule has 0 radical (unpaired) electrons. The van der Waals surface area contributed by atoms with Crippen LogP contribution in [0.4, 0.5) is 11.4 Å². The van der Waals surface area contributed by atoms with E-state index in [2.05, 4.69) is 53.8 Å². The van der Waals surface area contributed by atoms with Gasteiger partial charge in [-0.3, -0.25) is 4.79 Å². The molecule has 0 spiro atoms. The monoisotopic (exact) mass is 468 g/mol. The summed E-state index contributed by atoms with van der Waals surface area (Å²) in [5.74, 6) is -0.811. The van der Waals surface area contributed by atoms with Crippen molar-refractivity contribution in [3.8, 4) is 11.1 Å². The second-order valence-corrected chi connectivity index (χ2v) is 9.05.